The number of aromatic nitrogens is 6. The molecule has 2 N–H and O–H groups in total. The Kier molecular flexibility index (Phi) is 10.6. The van der Waals surface area contributed by atoms with Crippen LogP contribution >= 0.6 is 0 Å². The number of ether oxygens (including phenoxy) is 2. The van der Waals surface area contributed by atoms with Crippen molar-refractivity contribution in [3.05, 3.63) is 83.6 Å². The van der Waals surface area contributed by atoms with Crippen molar-refractivity contribution in [3.8, 4) is 5.75 Å². The van der Waals surface area contributed by atoms with Crippen LogP contribution < -0.4 is 20.3 Å². The number of alkyl halides is 2. The van der Waals surface area contributed by atoms with E-state index in [1.54, 1.807) is 55.8 Å². The van der Waals surface area contributed by atoms with Gasteiger partial charge in [-0.3, -0.25) is 14.6 Å². The first-order valence-electron chi connectivity index (χ1n) is 16.2. The van der Waals surface area contributed by atoms with Gasteiger partial charge in [-0.05, 0) is 67.8 Å². The van der Waals surface area contributed by atoms with Gasteiger partial charge in [-0.25, -0.2) is 13.8 Å². The first kappa shape index (κ1) is 33.7. The molecule has 5 heterocycles. The van der Waals surface area contributed by atoms with E-state index in [1.165, 1.54) is 4.90 Å². The second-order valence-corrected chi connectivity index (χ2v) is 12.2. The number of rotatable bonds is 13. The van der Waals surface area contributed by atoms with E-state index in [4.69, 9.17) is 9.47 Å². The van der Waals surface area contributed by atoms with Crippen molar-refractivity contribution in [2.75, 3.05) is 48.9 Å². The number of hydrogen-bond acceptors (Lipinski definition) is 11. The Hall–Kier alpha value is -5.18. The van der Waals surface area contributed by atoms with Gasteiger partial charge < -0.3 is 25.0 Å². The van der Waals surface area contributed by atoms with E-state index in [9.17, 15) is 18.4 Å². The monoisotopic (exact) mass is 673 g/mol. The summed E-state index contributed by atoms with van der Waals surface area (Å²) in [4.78, 5) is 35.3. The van der Waals surface area contributed by atoms with Gasteiger partial charge in [0.05, 0.1) is 55.8 Å². The van der Waals surface area contributed by atoms with Crippen LogP contribution in [0.1, 0.15) is 60.3 Å². The van der Waals surface area contributed by atoms with E-state index in [-0.39, 0.29) is 49.6 Å². The number of halogens is 2. The van der Waals surface area contributed by atoms with Gasteiger partial charge in [0.2, 0.25) is 11.8 Å². The molecule has 0 unspecified atom stereocenters. The lowest BCUT2D eigenvalue weighted by Gasteiger charge is -2.39. The molecule has 0 aromatic carbocycles. The summed E-state index contributed by atoms with van der Waals surface area (Å²) >= 11 is 0. The van der Waals surface area contributed by atoms with Gasteiger partial charge in [0, 0.05) is 24.6 Å². The topological polar surface area (TPSA) is 157 Å². The maximum Gasteiger partial charge on any atom is 0.282 e. The Balaban J connectivity index is 0.966. The van der Waals surface area contributed by atoms with E-state index in [2.05, 4.69) is 41.0 Å². The molecule has 1 saturated carbocycles. The van der Waals surface area contributed by atoms with Crippen molar-refractivity contribution in [1.82, 2.24) is 30.4 Å². The fraction of sp³-hybridized carbons (Fsp3) is 0.412. The Labute approximate surface area is 281 Å². The lowest BCUT2D eigenvalue weighted by molar-refractivity contribution is -0.116. The number of hydrogen-bond donors (Lipinski definition) is 2. The Morgan fingerprint density at radius 3 is 2.04 bits per heavy atom. The van der Waals surface area contributed by atoms with Crippen LogP contribution in [-0.2, 0) is 27.2 Å². The molecule has 15 heteroatoms. The van der Waals surface area contributed by atoms with Gasteiger partial charge in [0.25, 0.3) is 5.92 Å². The molecule has 0 bridgehead atoms. The summed E-state index contributed by atoms with van der Waals surface area (Å²) in [6.07, 6.45) is 5.37. The number of anilines is 3. The average Bonchev–Trinajstić information content (AvgIpc) is 3.09. The maximum absolute atomic E-state index is 13.2. The summed E-state index contributed by atoms with van der Waals surface area (Å²) in [5, 5.41) is 22.8. The van der Waals surface area contributed by atoms with Crippen LogP contribution in [0, 0.1) is 0 Å². The van der Waals surface area contributed by atoms with Crippen LogP contribution in [0.15, 0.2) is 60.8 Å². The first-order valence-corrected chi connectivity index (χ1v) is 16.2. The molecular formula is C34H37F2N9O4. The summed E-state index contributed by atoms with van der Waals surface area (Å²) in [6.45, 7) is 0.151. The molecule has 6 rings (SSSR count). The molecule has 13 nitrogen and oxygen atoms in total. The minimum Gasteiger partial charge on any atom is -0.490 e. The SMILES string of the molecule is COCCOc1ccc(CC(=O)Nc2ccc([C@H]3CCC[C@H](c4ccc(NC(=O)Cc5cccc(N6CC(F)(F)C6)n5)nn4)C3)nn2)nc1. The molecule has 0 radical (unpaired) electrons. The van der Waals surface area contributed by atoms with Crippen molar-refractivity contribution >= 4 is 29.3 Å². The number of nitrogens with zero attached hydrogens (tertiary/aromatic N) is 7. The van der Waals surface area contributed by atoms with Gasteiger partial charge in [0.1, 0.15) is 18.2 Å². The predicted octanol–water partition coefficient (Wildman–Crippen LogP) is 4.34. The van der Waals surface area contributed by atoms with Gasteiger partial charge in [-0.15, -0.1) is 10.2 Å². The number of methoxy groups -OCH3 is 1. The Bertz CT molecular complexity index is 1720. The van der Waals surface area contributed by atoms with E-state index < -0.39 is 5.92 Å². The lowest BCUT2D eigenvalue weighted by Crippen LogP contribution is -2.56. The molecule has 1 saturated heterocycles. The van der Waals surface area contributed by atoms with Crippen molar-refractivity contribution in [1.29, 1.82) is 0 Å². The van der Waals surface area contributed by atoms with Gasteiger partial charge in [0.15, 0.2) is 11.6 Å². The molecule has 2 fully saturated rings. The molecule has 4 aromatic heterocycles. The van der Waals surface area contributed by atoms with Gasteiger partial charge in [-0.2, -0.15) is 10.2 Å². The van der Waals surface area contributed by atoms with Crippen LogP contribution in [0.4, 0.5) is 26.2 Å². The second kappa shape index (κ2) is 15.4. The van der Waals surface area contributed by atoms with Gasteiger partial charge >= 0.3 is 0 Å². The van der Waals surface area contributed by atoms with Crippen molar-refractivity contribution in [2.45, 2.75) is 56.3 Å². The summed E-state index contributed by atoms with van der Waals surface area (Å²) in [5.74, 6) is -1.20. The lowest BCUT2D eigenvalue weighted by atomic mass is 9.78. The molecular weight excluding hydrogens is 636 g/mol. The van der Waals surface area contributed by atoms with Crippen LogP contribution in [0.3, 0.4) is 0 Å². The molecule has 1 aliphatic heterocycles. The minimum absolute atomic E-state index is 0.0217. The summed E-state index contributed by atoms with van der Waals surface area (Å²) in [5.41, 5.74) is 2.77. The molecule has 2 atom stereocenters. The van der Waals surface area contributed by atoms with E-state index >= 15 is 0 Å². The van der Waals surface area contributed by atoms with Crippen LogP contribution in [0.25, 0.3) is 0 Å². The van der Waals surface area contributed by atoms with E-state index in [0.717, 1.165) is 37.1 Å². The van der Waals surface area contributed by atoms with E-state index in [1.807, 2.05) is 12.1 Å². The molecule has 256 valence electrons. The third kappa shape index (κ3) is 9.25. The third-order valence-electron chi connectivity index (χ3n) is 8.41. The number of carbonyl (C=O) groups excluding carboxylic acids is 2. The zero-order valence-corrected chi connectivity index (χ0v) is 27.0. The quantitative estimate of drug-likeness (QED) is 0.195. The molecule has 4 aromatic rings. The summed E-state index contributed by atoms with van der Waals surface area (Å²) < 4.78 is 36.9. The van der Waals surface area contributed by atoms with E-state index in [0.29, 0.717) is 47.8 Å². The predicted molar refractivity (Wildman–Crippen MR) is 176 cm³/mol. The zero-order chi connectivity index (χ0) is 34.2. The van der Waals surface area contributed by atoms with Crippen molar-refractivity contribution in [2.24, 2.45) is 0 Å². The molecule has 0 spiro atoms. The summed E-state index contributed by atoms with van der Waals surface area (Å²) in [7, 11) is 1.60. The van der Waals surface area contributed by atoms with Crippen LogP contribution in [0.5, 0.6) is 5.75 Å². The largest absolute Gasteiger partial charge is 0.490 e. The smallest absolute Gasteiger partial charge is 0.282 e. The summed E-state index contributed by atoms with van der Waals surface area (Å²) in [6, 6.07) is 15.8. The fourth-order valence-corrected chi connectivity index (χ4v) is 5.94. The number of amides is 2. The Morgan fingerprint density at radius 2 is 1.49 bits per heavy atom. The van der Waals surface area contributed by atoms with Gasteiger partial charge in [-0.1, -0.05) is 12.5 Å². The average molecular weight is 674 g/mol. The fourth-order valence-electron chi connectivity index (χ4n) is 5.94. The van der Waals surface area contributed by atoms with Crippen LogP contribution in [-0.4, -0.2) is 81.5 Å². The molecule has 2 aliphatic rings. The molecule has 2 amide bonds. The Morgan fingerprint density at radius 1 is 0.837 bits per heavy atom. The maximum atomic E-state index is 13.2. The molecule has 1 aliphatic carbocycles. The number of carbonyl (C=O) groups is 2. The number of nitrogens with one attached hydrogen (secondary N) is 2. The third-order valence-corrected chi connectivity index (χ3v) is 8.41. The van der Waals surface area contributed by atoms with Crippen molar-refractivity contribution < 1.29 is 27.8 Å². The van der Waals surface area contributed by atoms with Crippen molar-refractivity contribution in [3.63, 3.8) is 0 Å². The highest BCUT2D eigenvalue weighted by molar-refractivity contribution is 5.91. The zero-order valence-electron chi connectivity index (χ0n) is 27.0. The second-order valence-electron chi connectivity index (χ2n) is 12.2. The normalized spacial score (nSPS) is 18.3. The number of pyridine rings is 2. The highest BCUT2D eigenvalue weighted by Gasteiger charge is 2.44. The highest BCUT2D eigenvalue weighted by Crippen LogP contribution is 2.40. The minimum atomic E-state index is -2.70. The highest BCUT2D eigenvalue weighted by atomic mass is 19.3. The molecule has 49 heavy (non-hydrogen) atoms. The standard InChI is InChI=1S/C34H37F2N9O4/c1-48-14-15-49-26-9-8-24(37-19-26)17-32(46)39-29-12-10-27(41-43-29)22-4-2-5-23(16-22)28-11-13-30(44-42-28)40-33(47)18-25-6-3-7-31(38-25)45-20-34(35,36)21-45/h3,6-13,19,22-23H,2,4-5,14-18,20-21H2,1H3,(H,39,43,46)(H,40,44,47)/t22-,23-/m0/s1. The first-order chi connectivity index (χ1) is 23.7. The van der Waals surface area contributed by atoms with Crippen LogP contribution in [0.2, 0.25) is 0 Å².